The van der Waals surface area contributed by atoms with Crippen LogP contribution < -0.4 is 4.74 Å². The summed E-state index contributed by atoms with van der Waals surface area (Å²) in [5, 5.41) is 10.7. The van der Waals surface area contributed by atoms with Crippen molar-refractivity contribution in [3.63, 3.8) is 0 Å². The quantitative estimate of drug-likeness (QED) is 0.749. The Morgan fingerprint density at radius 1 is 1.39 bits per heavy atom. The molecule has 1 N–H and O–H groups in total. The molecule has 0 spiro atoms. The van der Waals surface area contributed by atoms with E-state index in [1.54, 1.807) is 30.2 Å². The largest absolute Gasteiger partial charge is 0.488 e. The second-order valence-electron chi connectivity index (χ2n) is 7.37. The number of amides is 1. The number of rotatable bonds is 6. The van der Waals surface area contributed by atoms with Gasteiger partial charge in [-0.2, -0.15) is 0 Å². The molecule has 0 bridgehead atoms. The molecule has 1 saturated heterocycles. The van der Waals surface area contributed by atoms with Crippen LogP contribution in [-0.2, 0) is 9.53 Å². The molecular weight excluding hydrogens is 363 g/mol. The summed E-state index contributed by atoms with van der Waals surface area (Å²) in [5.74, 6) is -0.121. The molecule has 1 aliphatic heterocycles. The summed E-state index contributed by atoms with van der Waals surface area (Å²) in [6.45, 7) is 3.90. The van der Waals surface area contributed by atoms with Crippen LogP contribution in [0.3, 0.4) is 0 Å². The standard InChI is InChI=1S/C21H29FN2O4/c1-23(20(25)9-4-10-24-11-13-27-14-12-24)18-7-3-8-19(21(18)26)28-17-6-2-5-16(22)15-17/h2,4-6,9,15,18-19,21,26H,3,7-8,10-14H2,1H3/b9-4+/t18-,19-,21-/m1/s1. The summed E-state index contributed by atoms with van der Waals surface area (Å²) >= 11 is 0. The normalized spacial score (nSPS) is 26.3. The van der Waals surface area contributed by atoms with Crippen molar-refractivity contribution in [2.75, 3.05) is 39.9 Å². The maximum Gasteiger partial charge on any atom is 0.246 e. The third-order valence-corrected chi connectivity index (χ3v) is 5.42. The number of nitrogens with zero attached hydrogens (tertiary/aromatic N) is 2. The molecule has 0 unspecified atom stereocenters. The zero-order valence-electron chi connectivity index (χ0n) is 16.3. The van der Waals surface area contributed by atoms with E-state index in [0.717, 1.165) is 32.7 Å². The molecule has 1 aliphatic carbocycles. The van der Waals surface area contributed by atoms with E-state index in [2.05, 4.69) is 4.90 Å². The van der Waals surface area contributed by atoms with Gasteiger partial charge in [-0.05, 0) is 31.4 Å². The van der Waals surface area contributed by atoms with Crippen molar-refractivity contribution < 1.29 is 23.8 Å². The Labute approximate surface area is 165 Å². The van der Waals surface area contributed by atoms with Crippen molar-refractivity contribution in [2.45, 2.75) is 37.5 Å². The lowest BCUT2D eigenvalue weighted by molar-refractivity contribution is -0.132. The molecule has 2 aliphatic rings. The fourth-order valence-electron chi connectivity index (χ4n) is 3.75. The second-order valence-corrected chi connectivity index (χ2v) is 7.37. The monoisotopic (exact) mass is 392 g/mol. The van der Waals surface area contributed by atoms with E-state index in [1.807, 2.05) is 6.08 Å². The maximum atomic E-state index is 13.4. The van der Waals surface area contributed by atoms with Crippen LogP contribution in [0.15, 0.2) is 36.4 Å². The molecule has 1 amide bonds. The van der Waals surface area contributed by atoms with Gasteiger partial charge < -0.3 is 19.5 Å². The molecule has 154 valence electrons. The molecule has 1 aromatic rings. The molecule has 1 aromatic carbocycles. The van der Waals surface area contributed by atoms with Crippen LogP contribution in [0, 0.1) is 5.82 Å². The number of benzene rings is 1. The van der Waals surface area contributed by atoms with E-state index in [4.69, 9.17) is 9.47 Å². The van der Waals surface area contributed by atoms with Crippen molar-refractivity contribution >= 4 is 5.91 Å². The van der Waals surface area contributed by atoms with Crippen LogP contribution >= 0.6 is 0 Å². The van der Waals surface area contributed by atoms with Gasteiger partial charge in [0.25, 0.3) is 0 Å². The van der Waals surface area contributed by atoms with Crippen molar-refractivity contribution in [2.24, 2.45) is 0 Å². The van der Waals surface area contributed by atoms with Gasteiger partial charge in [0.1, 0.15) is 23.8 Å². The fourth-order valence-corrected chi connectivity index (χ4v) is 3.75. The predicted molar refractivity (Wildman–Crippen MR) is 104 cm³/mol. The minimum absolute atomic E-state index is 0.135. The summed E-state index contributed by atoms with van der Waals surface area (Å²) in [5.41, 5.74) is 0. The van der Waals surface area contributed by atoms with Crippen molar-refractivity contribution in [3.8, 4) is 5.75 Å². The number of aliphatic hydroxyl groups excluding tert-OH is 1. The SMILES string of the molecule is CN(C(=O)/C=C/CN1CCOCC1)[C@@H]1CCC[C@@H](Oc2cccc(F)c2)[C@@H]1O. The van der Waals surface area contributed by atoms with Crippen molar-refractivity contribution in [1.82, 2.24) is 9.80 Å². The van der Waals surface area contributed by atoms with Gasteiger partial charge in [-0.3, -0.25) is 9.69 Å². The summed E-state index contributed by atoms with van der Waals surface area (Å²) in [6.07, 6.45) is 4.36. The first kappa shape index (κ1) is 20.8. The molecule has 1 heterocycles. The van der Waals surface area contributed by atoms with Crippen molar-refractivity contribution in [1.29, 1.82) is 0 Å². The maximum absolute atomic E-state index is 13.4. The number of ether oxygens (including phenoxy) is 2. The number of carbonyl (C=O) groups excluding carboxylic acids is 1. The Morgan fingerprint density at radius 3 is 2.93 bits per heavy atom. The average molecular weight is 392 g/mol. The molecule has 0 aromatic heterocycles. The third-order valence-electron chi connectivity index (χ3n) is 5.42. The van der Waals surface area contributed by atoms with E-state index in [1.165, 1.54) is 12.1 Å². The molecule has 2 fully saturated rings. The van der Waals surface area contributed by atoms with E-state index < -0.39 is 12.2 Å². The summed E-state index contributed by atoms with van der Waals surface area (Å²) < 4.78 is 24.5. The number of halogens is 1. The number of hydrogen-bond donors (Lipinski definition) is 1. The Morgan fingerprint density at radius 2 is 2.18 bits per heavy atom. The molecular formula is C21H29FN2O4. The number of carbonyl (C=O) groups is 1. The number of hydrogen-bond acceptors (Lipinski definition) is 5. The number of aliphatic hydroxyl groups is 1. The van der Waals surface area contributed by atoms with Gasteiger partial charge in [-0.25, -0.2) is 4.39 Å². The van der Waals surface area contributed by atoms with Crippen LogP contribution in [0.2, 0.25) is 0 Å². The number of likely N-dealkylation sites (N-methyl/N-ethyl adjacent to an activating group) is 1. The van der Waals surface area contributed by atoms with Crippen LogP contribution in [0.25, 0.3) is 0 Å². The topological polar surface area (TPSA) is 62.2 Å². The van der Waals surface area contributed by atoms with E-state index in [0.29, 0.717) is 25.1 Å². The van der Waals surface area contributed by atoms with Crippen LogP contribution in [-0.4, -0.2) is 79.0 Å². The first-order chi connectivity index (χ1) is 13.5. The molecule has 3 rings (SSSR count). The summed E-state index contributed by atoms with van der Waals surface area (Å²) in [7, 11) is 1.71. The van der Waals surface area contributed by atoms with E-state index in [9.17, 15) is 14.3 Å². The zero-order valence-corrected chi connectivity index (χ0v) is 16.3. The van der Waals surface area contributed by atoms with Gasteiger partial charge in [-0.1, -0.05) is 12.1 Å². The smallest absolute Gasteiger partial charge is 0.246 e. The highest BCUT2D eigenvalue weighted by atomic mass is 19.1. The average Bonchev–Trinajstić information content (AvgIpc) is 2.70. The lowest BCUT2D eigenvalue weighted by Gasteiger charge is -2.39. The first-order valence-electron chi connectivity index (χ1n) is 9.88. The highest BCUT2D eigenvalue weighted by molar-refractivity contribution is 5.87. The molecule has 0 radical (unpaired) electrons. The van der Waals surface area contributed by atoms with Crippen LogP contribution in [0.1, 0.15) is 19.3 Å². The summed E-state index contributed by atoms with van der Waals surface area (Å²) in [4.78, 5) is 16.3. The summed E-state index contributed by atoms with van der Waals surface area (Å²) in [6, 6.07) is 5.57. The Balaban J connectivity index is 1.54. The Kier molecular flexibility index (Phi) is 7.42. The van der Waals surface area contributed by atoms with Gasteiger partial charge in [0.15, 0.2) is 0 Å². The van der Waals surface area contributed by atoms with Crippen molar-refractivity contribution in [3.05, 3.63) is 42.2 Å². The van der Waals surface area contributed by atoms with Gasteiger partial charge >= 0.3 is 0 Å². The second kappa shape index (κ2) is 10.0. The fraction of sp³-hybridized carbons (Fsp3) is 0.571. The van der Waals surface area contributed by atoms with Crippen LogP contribution in [0.5, 0.6) is 5.75 Å². The third kappa shape index (κ3) is 5.53. The van der Waals surface area contributed by atoms with Gasteiger partial charge in [0, 0.05) is 38.8 Å². The van der Waals surface area contributed by atoms with Gasteiger partial charge in [0.05, 0.1) is 19.3 Å². The van der Waals surface area contributed by atoms with E-state index >= 15 is 0 Å². The highest BCUT2D eigenvalue weighted by Crippen LogP contribution is 2.27. The molecule has 28 heavy (non-hydrogen) atoms. The molecule has 7 heteroatoms. The zero-order chi connectivity index (χ0) is 19.9. The minimum atomic E-state index is -0.821. The molecule has 3 atom stereocenters. The predicted octanol–water partition coefficient (Wildman–Crippen LogP) is 1.83. The highest BCUT2D eigenvalue weighted by Gasteiger charge is 2.36. The first-order valence-corrected chi connectivity index (χ1v) is 9.88. The lowest BCUT2D eigenvalue weighted by Crippen LogP contribution is -2.53. The Hall–Kier alpha value is -1.96. The lowest BCUT2D eigenvalue weighted by atomic mass is 9.89. The number of morpholine rings is 1. The van der Waals surface area contributed by atoms with Crippen LogP contribution in [0.4, 0.5) is 4.39 Å². The minimum Gasteiger partial charge on any atom is -0.488 e. The van der Waals surface area contributed by atoms with Gasteiger partial charge in [-0.15, -0.1) is 0 Å². The molecule has 1 saturated carbocycles. The Bertz CT molecular complexity index is 678. The van der Waals surface area contributed by atoms with E-state index in [-0.39, 0.29) is 17.8 Å². The van der Waals surface area contributed by atoms with Gasteiger partial charge in [0.2, 0.25) is 5.91 Å². The molecule has 6 nitrogen and oxygen atoms in total.